The van der Waals surface area contributed by atoms with E-state index in [1.165, 1.54) is 47.1 Å². The zero-order valence-corrected chi connectivity index (χ0v) is 15.0. The number of hydrogen-bond acceptors (Lipinski definition) is 6. The number of nitrogens with one attached hydrogen (secondary N) is 1. The van der Waals surface area contributed by atoms with Gasteiger partial charge in [-0.2, -0.15) is 0 Å². The van der Waals surface area contributed by atoms with E-state index in [1.807, 2.05) is 17.5 Å². The summed E-state index contributed by atoms with van der Waals surface area (Å²) in [6.45, 7) is 3.01. The third-order valence-corrected chi connectivity index (χ3v) is 6.40. The quantitative estimate of drug-likeness (QED) is 0.775. The fourth-order valence-electron chi connectivity index (χ4n) is 3.94. The number of anilines is 2. The van der Waals surface area contributed by atoms with Crippen molar-refractivity contribution in [3.8, 4) is 0 Å². The van der Waals surface area contributed by atoms with Gasteiger partial charge in [0.25, 0.3) is 0 Å². The highest BCUT2D eigenvalue weighted by Gasteiger charge is 2.21. The first kappa shape index (κ1) is 15.1. The van der Waals surface area contributed by atoms with Gasteiger partial charge in [0.05, 0.1) is 5.39 Å². The molecule has 25 heavy (non-hydrogen) atoms. The Morgan fingerprint density at radius 2 is 2.00 bits per heavy atom. The molecule has 0 amide bonds. The maximum absolute atomic E-state index is 4.54. The molecular formula is C19H21N5S. The summed E-state index contributed by atoms with van der Waals surface area (Å²) in [6.07, 6.45) is 9.75. The van der Waals surface area contributed by atoms with Crippen LogP contribution in [0, 0.1) is 0 Å². The van der Waals surface area contributed by atoms with Gasteiger partial charge in [0.2, 0.25) is 0 Å². The fourth-order valence-corrected chi connectivity index (χ4v) is 5.17. The maximum Gasteiger partial charge on any atom is 0.138 e. The van der Waals surface area contributed by atoms with Crippen LogP contribution in [-0.4, -0.2) is 28.0 Å². The van der Waals surface area contributed by atoms with Crippen molar-refractivity contribution in [2.24, 2.45) is 0 Å². The average Bonchev–Trinajstić information content (AvgIpc) is 3.36. The van der Waals surface area contributed by atoms with E-state index in [0.29, 0.717) is 0 Å². The average molecular weight is 351 g/mol. The lowest BCUT2D eigenvalue weighted by Gasteiger charge is -2.17. The number of aromatic nitrogens is 3. The predicted molar refractivity (Wildman–Crippen MR) is 102 cm³/mol. The molecule has 4 heterocycles. The lowest BCUT2D eigenvalue weighted by Crippen LogP contribution is -2.19. The minimum Gasteiger partial charge on any atom is -0.365 e. The Bertz CT molecular complexity index is 913. The molecule has 6 heteroatoms. The van der Waals surface area contributed by atoms with Gasteiger partial charge in [0, 0.05) is 30.7 Å². The number of aryl methyl sites for hydroxylation is 2. The molecule has 0 atom stereocenters. The Morgan fingerprint density at radius 1 is 1.08 bits per heavy atom. The highest BCUT2D eigenvalue weighted by molar-refractivity contribution is 7.19. The standard InChI is InChI=1S/C19H21N5S/c1-2-9-24(8-1)16-10-13(6-7-20-16)11-21-18-17-14-4-3-5-15(14)25-19(17)23-12-22-18/h6-7,10,12H,1-5,8-9,11H2,(H,21,22,23). The van der Waals surface area contributed by atoms with Crippen molar-refractivity contribution in [2.75, 3.05) is 23.3 Å². The molecule has 1 saturated heterocycles. The van der Waals surface area contributed by atoms with Crippen molar-refractivity contribution < 1.29 is 0 Å². The smallest absolute Gasteiger partial charge is 0.138 e. The zero-order chi connectivity index (χ0) is 16.6. The summed E-state index contributed by atoms with van der Waals surface area (Å²) in [6, 6.07) is 4.29. The number of nitrogens with zero attached hydrogens (tertiary/aromatic N) is 4. The van der Waals surface area contributed by atoms with Crippen molar-refractivity contribution >= 4 is 33.2 Å². The first-order valence-corrected chi connectivity index (χ1v) is 9.89. The van der Waals surface area contributed by atoms with Crippen LogP contribution in [0.15, 0.2) is 24.7 Å². The van der Waals surface area contributed by atoms with Crippen LogP contribution in [0.25, 0.3) is 10.2 Å². The molecular weight excluding hydrogens is 330 g/mol. The van der Waals surface area contributed by atoms with Gasteiger partial charge in [0.15, 0.2) is 0 Å². The van der Waals surface area contributed by atoms with E-state index in [1.54, 1.807) is 6.33 Å². The molecule has 2 aliphatic rings. The summed E-state index contributed by atoms with van der Waals surface area (Å²) in [5, 5.41) is 4.79. The Labute approximate surface area is 151 Å². The summed E-state index contributed by atoms with van der Waals surface area (Å²) < 4.78 is 0. The number of thiophene rings is 1. The van der Waals surface area contributed by atoms with Crippen molar-refractivity contribution in [2.45, 2.75) is 38.6 Å². The normalized spacial score (nSPS) is 16.6. The van der Waals surface area contributed by atoms with E-state index in [2.05, 4.69) is 37.3 Å². The van der Waals surface area contributed by atoms with E-state index in [-0.39, 0.29) is 0 Å². The van der Waals surface area contributed by atoms with Crippen LogP contribution in [0.2, 0.25) is 0 Å². The van der Waals surface area contributed by atoms with Crippen LogP contribution in [0.3, 0.4) is 0 Å². The van der Waals surface area contributed by atoms with Crippen LogP contribution in [0.1, 0.15) is 35.3 Å². The van der Waals surface area contributed by atoms with Crippen LogP contribution in [0.5, 0.6) is 0 Å². The molecule has 0 unspecified atom stereocenters. The maximum atomic E-state index is 4.54. The predicted octanol–water partition coefficient (Wildman–Crippen LogP) is 3.79. The van der Waals surface area contributed by atoms with Crippen LogP contribution in [-0.2, 0) is 19.4 Å². The molecule has 1 aliphatic carbocycles. The van der Waals surface area contributed by atoms with Gasteiger partial charge in [-0.15, -0.1) is 11.3 Å². The fraction of sp³-hybridized carbons (Fsp3) is 0.421. The monoisotopic (exact) mass is 351 g/mol. The van der Waals surface area contributed by atoms with E-state index >= 15 is 0 Å². The molecule has 5 rings (SSSR count). The number of fused-ring (bicyclic) bond motifs is 3. The van der Waals surface area contributed by atoms with E-state index in [4.69, 9.17) is 0 Å². The Morgan fingerprint density at radius 3 is 2.92 bits per heavy atom. The summed E-state index contributed by atoms with van der Waals surface area (Å²) in [7, 11) is 0. The van der Waals surface area contributed by atoms with Crippen LogP contribution >= 0.6 is 11.3 Å². The minimum absolute atomic E-state index is 0.764. The van der Waals surface area contributed by atoms with Gasteiger partial charge in [0.1, 0.15) is 22.8 Å². The molecule has 1 aliphatic heterocycles. The summed E-state index contributed by atoms with van der Waals surface area (Å²) >= 11 is 1.83. The molecule has 3 aromatic rings. The molecule has 0 spiro atoms. The number of hydrogen-bond donors (Lipinski definition) is 1. The molecule has 5 nitrogen and oxygen atoms in total. The molecule has 1 fully saturated rings. The zero-order valence-electron chi connectivity index (χ0n) is 14.2. The SMILES string of the molecule is c1cc(CNc2ncnc3sc4c(c23)CCC4)cc(N2CCCC2)n1. The molecule has 0 bridgehead atoms. The van der Waals surface area contributed by atoms with Crippen LogP contribution < -0.4 is 10.2 Å². The Kier molecular flexibility index (Phi) is 3.77. The van der Waals surface area contributed by atoms with Gasteiger partial charge in [-0.3, -0.25) is 0 Å². The largest absolute Gasteiger partial charge is 0.365 e. The lowest BCUT2D eigenvalue weighted by atomic mass is 10.2. The van der Waals surface area contributed by atoms with Crippen molar-refractivity contribution in [1.29, 1.82) is 0 Å². The highest BCUT2D eigenvalue weighted by atomic mass is 32.1. The van der Waals surface area contributed by atoms with Gasteiger partial charge in [-0.25, -0.2) is 15.0 Å². The second-order valence-electron chi connectivity index (χ2n) is 6.83. The first-order chi connectivity index (χ1) is 12.4. The molecule has 128 valence electrons. The van der Waals surface area contributed by atoms with E-state index < -0.39 is 0 Å². The van der Waals surface area contributed by atoms with Crippen molar-refractivity contribution in [3.63, 3.8) is 0 Å². The van der Waals surface area contributed by atoms with E-state index in [0.717, 1.165) is 42.5 Å². The summed E-state index contributed by atoms with van der Waals surface area (Å²) in [5.41, 5.74) is 2.71. The molecule has 3 aromatic heterocycles. The molecule has 0 radical (unpaired) electrons. The molecule has 0 saturated carbocycles. The third-order valence-electron chi connectivity index (χ3n) is 5.20. The van der Waals surface area contributed by atoms with Gasteiger partial charge < -0.3 is 10.2 Å². The van der Waals surface area contributed by atoms with Gasteiger partial charge >= 0.3 is 0 Å². The number of rotatable bonds is 4. The summed E-state index contributed by atoms with van der Waals surface area (Å²) in [5.74, 6) is 2.07. The van der Waals surface area contributed by atoms with Gasteiger partial charge in [-0.1, -0.05) is 0 Å². The third kappa shape index (κ3) is 2.74. The molecule has 0 aromatic carbocycles. The second-order valence-corrected chi connectivity index (χ2v) is 7.91. The number of pyridine rings is 1. The highest BCUT2D eigenvalue weighted by Crippen LogP contribution is 2.39. The molecule has 1 N–H and O–H groups in total. The van der Waals surface area contributed by atoms with E-state index in [9.17, 15) is 0 Å². The first-order valence-electron chi connectivity index (χ1n) is 9.07. The lowest BCUT2D eigenvalue weighted by molar-refractivity contribution is 0.917. The van der Waals surface area contributed by atoms with Crippen molar-refractivity contribution in [1.82, 2.24) is 15.0 Å². The minimum atomic E-state index is 0.764. The summed E-state index contributed by atoms with van der Waals surface area (Å²) in [4.78, 5) is 18.5. The Hall–Kier alpha value is -2.21. The van der Waals surface area contributed by atoms with Gasteiger partial charge in [-0.05, 0) is 55.4 Å². The van der Waals surface area contributed by atoms with Crippen LogP contribution in [0.4, 0.5) is 11.6 Å². The Balaban J connectivity index is 1.40. The second kappa shape index (κ2) is 6.26. The topological polar surface area (TPSA) is 53.9 Å². The van der Waals surface area contributed by atoms with Crippen molar-refractivity contribution in [3.05, 3.63) is 40.7 Å².